The molecule has 2 aliphatic rings. The van der Waals surface area contributed by atoms with E-state index in [4.69, 9.17) is 14.2 Å². The largest absolute Gasteiger partial charge is 0.508 e. The van der Waals surface area contributed by atoms with E-state index in [1.54, 1.807) is 0 Å². The molecule has 0 aromatic heterocycles. The maximum Gasteiger partial charge on any atom is 0.187 e. The Balaban J connectivity index is 1.69. The Hall–Kier alpha value is -2.76. The molecule has 0 saturated carbocycles. The third kappa shape index (κ3) is 3.95. The van der Waals surface area contributed by atoms with Crippen LogP contribution in [-0.4, -0.2) is 72.6 Å². The molecule has 2 heterocycles. The molecule has 2 aliphatic heterocycles. The fourth-order valence-corrected chi connectivity index (χ4v) is 3.87. The van der Waals surface area contributed by atoms with E-state index in [0.29, 0.717) is 11.1 Å². The summed E-state index contributed by atoms with van der Waals surface area (Å²) in [6, 6.07) is 6.54. The van der Waals surface area contributed by atoms with Crippen molar-refractivity contribution in [2.24, 2.45) is 0 Å². The molecule has 2 aromatic carbocycles. The molecule has 10 nitrogen and oxygen atoms in total. The maximum atomic E-state index is 10.3. The van der Waals surface area contributed by atoms with Gasteiger partial charge in [0.05, 0.1) is 6.10 Å². The number of rotatable bonds is 3. The molecule has 0 radical (unpaired) electrons. The number of phenolic OH excluding ortho intramolecular Hbond substituents is 4. The van der Waals surface area contributed by atoms with Gasteiger partial charge in [-0.15, -0.1) is 0 Å². The quantitative estimate of drug-likeness (QED) is 0.334. The molecule has 7 N–H and O–H groups in total. The summed E-state index contributed by atoms with van der Waals surface area (Å²) in [6.07, 6.45) is -8.15. The molecule has 0 unspecified atom stereocenters. The number of hydrogen-bond donors (Lipinski definition) is 7. The lowest BCUT2D eigenvalue weighted by molar-refractivity contribution is -0.310. The van der Waals surface area contributed by atoms with E-state index in [9.17, 15) is 35.7 Å². The van der Waals surface area contributed by atoms with Crippen LogP contribution in [0.15, 0.2) is 30.3 Å². The smallest absolute Gasteiger partial charge is 0.187 e. The van der Waals surface area contributed by atoms with Gasteiger partial charge >= 0.3 is 0 Å². The molecule has 168 valence electrons. The molecule has 1 fully saturated rings. The lowest BCUT2D eigenvalue weighted by Crippen LogP contribution is -2.58. The van der Waals surface area contributed by atoms with Crippen molar-refractivity contribution in [3.8, 4) is 28.7 Å². The Labute approximate surface area is 177 Å². The highest BCUT2D eigenvalue weighted by Gasteiger charge is 2.45. The SMILES string of the molecule is C[C@H]1O[C@H](O[C@@H]2Cc3c(O)cc(O)cc3O[C@H]2c2ccc(O)c(O)c2)[C@@H](O)[C@@H](O)[C@@H]1O. The highest BCUT2D eigenvalue weighted by molar-refractivity contribution is 5.52. The number of aromatic hydroxyl groups is 4. The van der Waals surface area contributed by atoms with Gasteiger partial charge < -0.3 is 50.0 Å². The molecule has 31 heavy (non-hydrogen) atoms. The van der Waals surface area contributed by atoms with E-state index in [1.807, 2.05) is 0 Å². The van der Waals surface area contributed by atoms with E-state index in [0.717, 1.165) is 6.07 Å². The van der Waals surface area contributed by atoms with Gasteiger partial charge in [0.25, 0.3) is 0 Å². The minimum atomic E-state index is -1.55. The van der Waals surface area contributed by atoms with Gasteiger partial charge in [0, 0.05) is 24.1 Å². The van der Waals surface area contributed by atoms with Crippen LogP contribution < -0.4 is 4.74 Å². The minimum absolute atomic E-state index is 0.0767. The van der Waals surface area contributed by atoms with Gasteiger partial charge in [-0.3, -0.25) is 0 Å². The van der Waals surface area contributed by atoms with E-state index >= 15 is 0 Å². The zero-order valence-corrected chi connectivity index (χ0v) is 16.5. The molecule has 4 rings (SSSR count). The normalized spacial score (nSPS) is 32.8. The van der Waals surface area contributed by atoms with E-state index in [1.165, 1.54) is 31.2 Å². The summed E-state index contributed by atoms with van der Waals surface area (Å²) < 4.78 is 17.4. The van der Waals surface area contributed by atoms with Crippen LogP contribution in [0.25, 0.3) is 0 Å². The molecule has 0 amide bonds. The molecule has 0 spiro atoms. The van der Waals surface area contributed by atoms with Crippen LogP contribution in [0.5, 0.6) is 28.7 Å². The molecule has 2 aromatic rings. The average Bonchev–Trinajstić information content (AvgIpc) is 2.72. The van der Waals surface area contributed by atoms with Gasteiger partial charge in [-0.1, -0.05) is 6.07 Å². The van der Waals surface area contributed by atoms with Crippen LogP contribution in [0.4, 0.5) is 0 Å². The van der Waals surface area contributed by atoms with Crippen molar-refractivity contribution in [2.75, 3.05) is 0 Å². The summed E-state index contributed by atoms with van der Waals surface area (Å²) in [7, 11) is 0. The van der Waals surface area contributed by atoms with Crippen LogP contribution >= 0.6 is 0 Å². The molecule has 1 saturated heterocycles. The number of phenols is 4. The van der Waals surface area contributed by atoms with Crippen molar-refractivity contribution in [1.29, 1.82) is 0 Å². The van der Waals surface area contributed by atoms with E-state index in [-0.39, 0.29) is 35.2 Å². The Morgan fingerprint density at radius 3 is 2.32 bits per heavy atom. The van der Waals surface area contributed by atoms with Gasteiger partial charge in [-0.2, -0.15) is 0 Å². The predicted octanol–water partition coefficient (Wildman–Crippen LogP) is 0.398. The third-order valence-electron chi connectivity index (χ3n) is 5.61. The number of fused-ring (bicyclic) bond motifs is 1. The van der Waals surface area contributed by atoms with Crippen LogP contribution in [0, 0.1) is 0 Å². The van der Waals surface area contributed by atoms with Gasteiger partial charge in [0.2, 0.25) is 0 Å². The fourth-order valence-electron chi connectivity index (χ4n) is 3.87. The van der Waals surface area contributed by atoms with Crippen molar-refractivity contribution in [1.82, 2.24) is 0 Å². The van der Waals surface area contributed by atoms with Gasteiger partial charge in [0.1, 0.15) is 41.7 Å². The summed E-state index contributed by atoms with van der Waals surface area (Å²) >= 11 is 0. The van der Waals surface area contributed by atoms with Crippen molar-refractivity contribution in [3.63, 3.8) is 0 Å². The summed E-state index contributed by atoms with van der Waals surface area (Å²) in [4.78, 5) is 0. The summed E-state index contributed by atoms with van der Waals surface area (Å²) in [5.74, 6) is -0.941. The Morgan fingerprint density at radius 2 is 1.61 bits per heavy atom. The Bertz CT molecular complexity index is 963. The second kappa shape index (κ2) is 8.06. The molecular formula is C21H24O10. The first kappa shape index (κ1) is 21.5. The first-order chi connectivity index (χ1) is 14.7. The van der Waals surface area contributed by atoms with Crippen LogP contribution in [0.1, 0.15) is 24.2 Å². The van der Waals surface area contributed by atoms with Crippen molar-refractivity contribution in [3.05, 3.63) is 41.5 Å². The zero-order valence-electron chi connectivity index (χ0n) is 16.5. The number of aliphatic hydroxyl groups excluding tert-OH is 3. The maximum absolute atomic E-state index is 10.3. The Morgan fingerprint density at radius 1 is 0.871 bits per heavy atom. The van der Waals surface area contributed by atoms with Crippen molar-refractivity contribution in [2.45, 2.75) is 56.3 Å². The first-order valence-electron chi connectivity index (χ1n) is 9.74. The second-order valence-electron chi connectivity index (χ2n) is 7.79. The lowest BCUT2D eigenvalue weighted by atomic mass is 9.93. The predicted molar refractivity (Wildman–Crippen MR) is 104 cm³/mol. The number of ether oxygens (including phenoxy) is 3. The first-order valence-corrected chi connectivity index (χ1v) is 9.74. The molecule has 0 aliphatic carbocycles. The van der Waals surface area contributed by atoms with E-state index < -0.39 is 42.9 Å². The average molecular weight is 436 g/mol. The lowest BCUT2D eigenvalue weighted by Gasteiger charge is -2.42. The van der Waals surface area contributed by atoms with Crippen LogP contribution in [0.2, 0.25) is 0 Å². The minimum Gasteiger partial charge on any atom is -0.508 e. The van der Waals surface area contributed by atoms with Crippen molar-refractivity contribution >= 4 is 0 Å². The van der Waals surface area contributed by atoms with Gasteiger partial charge in [0.15, 0.2) is 23.9 Å². The van der Waals surface area contributed by atoms with Gasteiger partial charge in [-0.05, 0) is 24.6 Å². The van der Waals surface area contributed by atoms with Gasteiger partial charge in [-0.25, -0.2) is 0 Å². The van der Waals surface area contributed by atoms with E-state index in [2.05, 4.69) is 0 Å². The molecule has 7 atom stereocenters. The van der Waals surface area contributed by atoms with Crippen LogP contribution in [-0.2, 0) is 15.9 Å². The topological polar surface area (TPSA) is 169 Å². The molecule has 0 bridgehead atoms. The summed E-state index contributed by atoms with van der Waals surface area (Å²) in [5.41, 5.74) is 0.758. The Kier molecular flexibility index (Phi) is 5.58. The summed E-state index contributed by atoms with van der Waals surface area (Å²) in [6.45, 7) is 1.52. The number of hydrogen-bond acceptors (Lipinski definition) is 10. The monoisotopic (exact) mass is 436 g/mol. The fraction of sp³-hybridized carbons (Fsp3) is 0.429. The molecule has 10 heteroatoms. The highest BCUT2D eigenvalue weighted by atomic mass is 16.7. The van der Waals surface area contributed by atoms with Crippen LogP contribution in [0.3, 0.4) is 0 Å². The zero-order chi connectivity index (χ0) is 22.4. The number of aliphatic hydroxyl groups is 3. The summed E-state index contributed by atoms with van der Waals surface area (Å²) in [5, 5.41) is 69.9. The standard InChI is InChI=1S/C21H24O10/c1-8-17(26)18(27)19(28)21(29-8)31-16-7-11-13(24)5-10(22)6-15(11)30-20(16)9-2-3-12(23)14(25)4-9/h2-6,8,16-28H,7H2,1H3/t8-,16-,17-,18+,19+,20+,21-/m1/s1. The third-order valence-corrected chi connectivity index (χ3v) is 5.61. The highest BCUT2D eigenvalue weighted by Crippen LogP contribution is 2.44. The van der Waals surface area contributed by atoms with Crippen molar-refractivity contribution < 1.29 is 50.0 Å². The second-order valence-corrected chi connectivity index (χ2v) is 7.79. The molecular weight excluding hydrogens is 412 g/mol. The number of benzene rings is 2.